The molecule has 0 saturated heterocycles. The van der Waals surface area contributed by atoms with E-state index in [-0.39, 0.29) is 16.7 Å². The lowest BCUT2D eigenvalue weighted by atomic mass is 9.99. The highest BCUT2D eigenvalue weighted by molar-refractivity contribution is 7.92. The third-order valence-corrected chi connectivity index (χ3v) is 5.45. The highest BCUT2D eigenvalue weighted by atomic mass is 32.2. The maximum absolute atomic E-state index is 12.9. The predicted octanol–water partition coefficient (Wildman–Crippen LogP) is 4.06. The molecule has 26 heavy (non-hydrogen) atoms. The van der Waals surface area contributed by atoms with Crippen LogP contribution in [0, 0.1) is 6.92 Å². The van der Waals surface area contributed by atoms with Crippen LogP contribution in [0.5, 0.6) is 0 Å². The van der Waals surface area contributed by atoms with Gasteiger partial charge in [-0.3, -0.25) is 9.52 Å². The van der Waals surface area contributed by atoms with Gasteiger partial charge in [-0.15, -0.1) is 0 Å². The molecule has 2 N–H and O–H groups in total. The van der Waals surface area contributed by atoms with Gasteiger partial charge in [-0.25, -0.2) is 8.42 Å². The van der Waals surface area contributed by atoms with Gasteiger partial charge in [0.15, 0.2) is 0 Å². The van der Waals surface area contributed by atoms with E-state index >= 15 is 0 Å². The first-order chi connectivity index (χ1) is 12.3. The van der Waals surface area contributed by atoms with Crippen LogP contribution in [0.1, 0.15) is 54.6 Å². The van der Waals surface area contributed by atoms with Crippen molar-refractivity contribution in [3.05, 3.63) is 59.2 Å². The number of rotatable bonds is 7. The molecular formula is C20H26N2O3S. The van der Waals surface area contributed by atoms with Crippen LogP contribution in [0.4, 0.5) is 5.69 Å². The van der Waals surface area contributed by atoms with E-state index in [1.807, 2.05) is 45.9 Å². The summed E-state index contributed by atoms with van der Waals surface area (Å²) in [5.74, 6) is -0.0959. The zero-order chi connectivity index (χ0) is 19.3. The average Bonchev–Trinajstić information content (AvgIpc) is 2.61. The fourth-order valence-electron chi connectivity index (χ4n) is 2.65. The summed E-state index contributed by atoms with van der Waals surface area (Å²) in [5, 5.41) is 2.76. The van der Waals surface area contributed by atoms with E-state index in [1.165, 1.54) is 12.1 Å². The van der Waals surface area contributed by atoms with Gasteiger partial charge < -0.3 is 5.32 Å². The van der Waals surface area contributed by atoms with Gasteiger partial charge in [0.25, 0.3) is 15.9 Å². The Morgan fingerprint density at radius 3 is 2.46 bits per heavy atom. The smallest absolute Gasteiger partial charge is 0.261 e. The van der Waals surface area contributed by atoms with Crippen LogP contribution < -0.4 is 10.0 Å². The molecule has 1 amide bonds. The number of hydrogen-bond donors (Lipinski definition) is 2. The number of nitrogens with one attached hydrogen (secondary N) is 2. The number of aryl methyl sites for hydroxylation is 1. The largest absolute Gasteiger partial charge is 0.352 e. The van der Waals surface area contributed by atoms with Crippen molar-refractivity contribution in [1.29, 1.82) is 0 Å². The van der Waals surface area contributed by atoms with Crippen LogP contribution >= 0.6 is 0 Å². The molecule has 0 atom stereocenters. The molecule has 0 aliphatic heterocycles. The fraction of sp³-hybridized carbons (Fsp3) is 0.350. The quantitative estimate of drug-likeness (QED) is 0.767. The molecule has 0 aromatic heterocycles. The molecule has 2 aromatic carbocycles. The minimum atomic E-state index is -3.80. The van der Waals surface area contributed by atoms with Gasteiger partial charge in [0, 0.05) is 12.1 Å². The Hall–Kier alpha value is -2.34. The van der Waals surface area contributed by atoms with Crippen LogP contribution in [-0.2, 0) is 10.0 Å². The van der Waals surface area contributed by atoms with Gasteiger partial charge in [0.05, 0.1) is 10.6 Å². The maximum atomic E-state index is 12.9. The first kappa shape index (κ1) is 20.0. The molecule has 0 bridgehead atoms. The van der Waals surface area contributed by atoms with Gasteiger partial charge in [-0.2, -0.15) is 0 Å². The molecule has 0 unspecified atom stereocenters. The summed E-state index contributed by atoms with van der Waals surface area (Å²) in [5.41, 5.74) is 2.72. The molecule has 6 heteroatoms. The molecule has 0 aliphatic rings. The Morgan fingerprint density at radius 2 is 1.81 bits per heavy atom. The van der Waals surface area contributed by atoms with E-state index in [4.69, 9.17) is 0 Å². The average molecular weight is 375 g/mol. The van der Waals surface area contributed by atoms with Crippen LogP contribution in [-0.4, -0.2) is 20.9 Å². The molecule has 0 saturated carbocycles. The Balaban J connectivity index is 2.36. The molecule has 0 aliphatic carbocycles. The van der Waals surface area contributed by atoms with Crippen molar-refractivity contribution in [2.75, 3.05) is 11.3 Å². The summed E-state index contributed by atoms with van der Waals surface area (Å²) < 4.78 is 28.5. The van der Waals surface area contributed by atoms with E-state index in [2.05, 4.69) is 10.0 Å². The van der Waals surface area contributed by atoms with Crippen LogP contribution in [0.25, 0.3) is 0 Å². The van der Waals surface area contributed by atoms with E-state index in [9.17, 15) is 13.2 Å². The van der Waals surface area contributed by atoms with Crippen molar-refractivity contribution in [2.45, 2.75) is 44.9 Å². The molecule has 2 rings (SSSR count). The lowest BCUT2D eigenvalue weighted by molar-refractivity contribution is 0.0953. The number of carbonyl (C=O) groups is 1. The lowest BCUT2D eigenvalue weighted by Crippen LogP contribution is -2.24. The first-order valence-electron chi connectivity index (χ1n) is 8.77. The van der Waals surface area contributed by atoms with Crippen molar-refractivity contribution < 1.29 is 13.2 Å². The third kappa shape index (κ3) is 4.64. The van der Waals surface area contributed by atoms with E-state index in [0.717, 1.165) is 17.5 Å². The summed E-state index contributed by atoms with van der Waals surface area (Å²) in [4.78, 5) is 12.2. The summed E-state index contributed by atoms with van der Waals surface area (Å²) >= 11 is 0. The van der Waals surface area contributed by atoms with Crippen molar-refractivity contribution >= 4 is 21.6 Å². The minimum Gasteiger partial charge on any atom is -0.352 e. The summed E-state index contributed by atoms with van der Waals surface area (Å²) in [6.07, 6.45) is 0.816. The number of hydrogen-bond acceptors (Lipinski definition) is 3. The molecule has 0 spiro atoms. The summed E-state index contributed by atoms with van der Waals surface area (Å²) in [6.45, 7) is 8.42. The van der Waals surface area contributed by atoms with Gasteiger partial charge in [0.2, 0.25) is 0 Å². The van der Waals surface area contributed by atoms with Crippen molar-refractivity contribution in [3.63, 3.8) is 0 Å². The maximum Gasteiger partial charge on any atom is 0.261 e. The monoisotopic (exact) mass is 374 g/mol. The Kier molecular flexibility index (Phi) is 6.42. The van der Waals surface area contributed by atoms with Gasteiger partial charge in [0.1, 0.15) is 0 Å². The molecular weight excluding hydrogens is 348 g/mol. The Morgan fingerprint density at radius 1 is 1.12 bits per heavy atom. The van der Waals surface area contributed by atoms with Gasteiger partial charge in [-0.1, -0.05) is 45.0 Å². The lowest BCUT2D eigenvalue weighted by Gasteiger charge is -2.17. The van der Waals surface area contributed by atoms with Crippen LogP contribution in [0.15, 0.2) is 47.4 Å². The van der Waals surface area contributed by atoms with E-state index < -0.39 is 10.0 Å². The predicted molar refractivity (Wildman–Crippen MR) is 105 cm³/mol. The number of benzene rings is 2. The Bertz CT molecular complexity index is 890. The highest BCUT2D eigenvalue weighted by Crippen LogP contribution is 2.29. The first-order valence-corrected chi connectivity index (χ1v) is 10.2. The second-order valence-electron chi connectivity index (χ2n) is 6.58. The zero-order valence-electron chi connectivity index (χ0n) is 15.7. The molecule has 0 heterocycles. The fourth-order valence-corrected chi connectivity index (χ4v) is 3.85. The Labute approximate surface area is 155 Å². The molecule has 0 radical (unpaired) electrons. The molecule has 2 aromatic rings. The van der Waals surface area contributed by atoms with Crippen LogP contribution in [0.3, 0.4) is 0 Å². The number of amides is 1. The van der Waals surface area contributed by atoms with Crippen molar-refractivity contribution in [1.82, 2.24) is 5.32 Å². The second kappa shape index (κ2) is 8.36. The summed E-state index contributed by atoms with van der Waals surface area (Å²) in [6, 6.07) is 11.8. The minimum absolute atomic E-state index is 0.0691. The zero-order valence-corrected chi connectivity index (χ0v) is 16.5. The normalized spacial score (nSPS) is 11.4. The SMILES string of the molecule is CCCNC(=O)c1cccc(S(=O)(=O)Nc2c(C)cccc2C(C)C)c1. The molecule has 5 nitrogen and oxygen atoms in total. The standard InChI is InChI=1S/C20H26N2O3S/c1-5-12-21-20(23)16-9-7-10-17(13-16)26(24,25)22-19-15(4)8-6-11-18(19)14(2)3/h6-11,13-14,22H,5,12H2,1-4H3,(H,21,23). The van der Waals surface area contributed by atoms with E-state index in [1.54, 1.807) is 12.1 Å². The van der Waals surface area contributed by atoms with Crippen molar-refractivity contribution in [2.24, 2.45) is 0 Å². The number of anilines is 1. The van der Waals surface area contributed by atoms with Gasteiger partial charge in [-0.05, 0) is 48.6 Å². The number of sulfonamides is 1. The molecule has 140 valence electrons. The topological polar surface area (TPSA) is 75.3 Å². The highest BCUT2D eigenvalue weighted by Gasteiger charge is 2.19. The third-order valence-electron chi connectivity index (χ3n) is 4.11. The number of carbonyl (C=O) groups excluding carboxylic acids is 1. The molecule has 0 fully saturated rings. The van der Waals surface area contributed by atoms with Gasteiger partial charge >= 0.3 is 0 Å². The summed E-state index contributed by atoms with van der Waals surface area (Å²) in [7, 11) is -3.80. The number of para-hydroxylation sites is 1. The van der Waals surface area contributed by atoms with Crippen molar-refractivity contribution in [3.8, 4) is 0 Å². The van der Waals surface area contributed by atoms with E-state index in [0.29, 0.717) is 17.8 Å². The van der Waals surface area contributed by atoms with Crippen LogP contribution in [0.2, 0.25) is 0 Å². The second-order valence-corrected chi connectivity index (χ2v) is 8.27.